The molecule has 0 radical (unpaired) electrons. The Bertz CT molecular complexity index is 981. The normalized spacial score (nSPS) is 30.5. The van der Waals surface area contributed by atoms with Crippen LogP contribution in [0, 0.1) is 11.8 Å². The second kappa shape index (κ2) is 8.72. The van der Waals surface area contributed by atoms with E-state index in [1.807, 2.05) is 31.2 Å². The Hall–Kier alpha value is -1.46. The Kier molecular flexibility index (Phi) is 6.08. The molecule has 2 N–H and O–H groups in total. The van der Waals surface area contributed by atoms with E-state index < -0.39 is 5.60 Å². The molecule has 4 fully saturated rings. The van der Waals surface area contributed by atoms with Crippen LogP contribution in [0.5, 0.6) is 11.5 Å². The number of para-hydroxylation sites is 1. The third kappa shape index (κ3) is 4.48. The second-order valence-electron chi connectivity index (χ2n) is 10.0. The van der Waals surface area contributed by atoms with Gasteiger partial charge in [-0.3, -0.25) is 0 Å². The number of hydrogen-bond acceptors (Lipinski definition) is 4. The fourth-order valence-electron chi connectivity index (χ4n) is 6.63. The molecule has 32 heavy (non-hydrogen) atoms. The van der Waals surface area contributed by atoms with E-state index in [1.165, 1.54) is 6.42 Å². The highest BCUT2D eigenvalue weighted by molar-refractivity contribution is 6.35. The Morgan fingerprint density at radius 2 is 1.81 bits per heavy atom. The number of aliphatic hydroxyl groups is 1. The van der Waals surface area contributed by atoms with Crippen molar-refractivity contribution in [1.82, 2.24) is 5.32 Å². The number of halogens is 2. The summed E-state index contributed by atoms with van der Waals surface area (Å²) in [7, 11) is 0. The fourth-order valence-corrected chi connectivity index (χ4v) is 7.09. The number of rotatable bonds is 8. The van der Waals surface area contributed by atoms with Gasteiger partial charge < -0.3 is 19.9 Å². The quantitative estimate of drug-likeness (QED) is 0.480. The van der Waals surface area contributed by atoms with Gasteiger partial charge in [0.05, 0.1) is 12.2 Å². The molecule has 0 spiro atoms. The summed E-state index contributed by atoms with van der Waals surface area (Å²) >= 11 is 12.4. The summed E-state index contributed by atoms with van der Waals surface area (Å²) in [5, 5.41) is 16.1. The monoisotopic (exact) mass is 475 g/mol. The third-order valence-electron chi connectivity index (χ3n) is 7.43. The minimum Gasteiger partial charge on any atom is -0.490 e. The van der Waals surface area contributed by atoms with E-state index in [0.29, 0.717) is 41.6 Å². The Morgan fingerprint density at radius 3 is 2.50 bits per heavy atom. The van der Waals surface area contributed by atoms with Crippen LogP contribution in [0.4, 0.5) is 0 Å². The second-order valence-corrected chi connectivity index (χ2v) is 10.9. The average molecular weight is 476 g/mol. The number of ether oxygens (including phenoxy) is 2. The van der Waals surface area contributed by atoms with Gasteiger partial charge in [0.2, 0.25) is 0 Å². The molecular weight excluding hydrogens is 445 g/mol. The van der Waals surface area contributed by atoms with Gasteiger partial charge in [0, 0.05) is 33.3 Å². The van der Waals surface area contributed by atoms with Gasteiger partial charge in [-0.05, 0) is 75.5 Å². The lowest BCUT2D eigenvalue weighted by atomic mass is 9.51. The largest absolute Gasteiger partial charge is 0.490 e. The van der Waals surface area contributed by atoms with Crippen LogP contribution in [-0.2, 0) is 13.2 Å². The van der Waals surface area contributed by atoms with Gasteiger partial charge in [-0.25, -0.2) is 0 Å². The van der Waals surface area contributed by atoms with E-state index in [1.54, 1.807) is 6.07 Å². The summed E-state index contributed by atoms with van der Waals surface area (Å²) in [6.07, 6.45) is 6.41. The summed E-state index contributed by atoms with van der Waals surface area (Å²) in [5.74, 6) is 2.77. The lowest BCUT2D eigenvalue weighted by molar-refractivity contribution is -0.142. The molecule has 2 atom stereocenters. The predicted octanol–water partition coefficient (Wildman–Crippen LogP) is 6.14. The van der Waals surface area contributed by atoms with Crippen molar-refractivity contribution in [3.8, 4) is 11.5 Å². The molecule has 0 aromatic heterocycles. The molecule has 2 aromatic carbocycles. The summed E-state index contributed by atoms with van der Waals surface area (Å²) < 4.78 is 12.2. The van der Waals surface area contributed by atoms with E-state index in [4.69, 9.17) is 32.7 Å². The lowest BCUT2D eigenvalue weighted by Gasteiger charge is -2.60. The molecule has 6 rings (SSSR count). The van der Waals surface area contributed by atoms with Crippen LogP contribution >= 0.6 is 23.2 Å². The maximum absolute atomic E-state index is 11.1. The minimum absolute atomic E-state index is 0.0250. The molecule has 6 heteroatoms. The van der Waals surface area contributed by atoms with E-state index in [-0.39, 0.29) is 5.54 Å². The SMILES string of the molecule is CCOc1cccc(CNC23CC4CC(CC(O)(C4)C2)C3)c1OCc1ccc(Cl)cc1Cl. The molecule has 172 valence electrons. The van der Waals surface area contributed by atoms with Crippen molar-refractivity contribution in [3.05, 3.63) is 57.6 Å². The zero-order valence-electron chi connectivity index (χ0n) is 18.5. The van der Waals surface area contributed by atoms with Gasteiger partial charge in [0.25, 0.3) is 0 Å². The van der Waals surface area contributed by atoms with Crippen LogP contribution in [-0.4, -0.2) is 22.9 Å². The van der Waals surface area contributed by atoms with Crippen molar-refractivity contribution in [1.29, 1.82) is 0 Å². The topological polar surface area (TPSA) is 50.7 Å². The molecule has 0 amide bonds. The zero-order valence-corrected chi connectivity index (χ0v) is 20.0. The third-order valence-corrected chi connectivity index (χ3v) is 8.02. The Morgan fingerprint density at radius 1 is 1.03 bits per heavy atom. The standard InChI is InChI=1S/C26H31Cl2NO3/c1-2-31-23-5-3-4-19(24(23)32-15-20-6-7-21(27)9-22(20)28)14-29-25-10-17-8-18(11-25)13-26(30,12-17)16-25/h3-7,9,17-18,29-30H,2,8,10-16H2,1H3. The molecule has 4 aliphatic rings. The van der Waals surface area contributed by atoms with Gasteiger partial charge in [0.1, 0.15) is 6.61 Å². The van der Waals surface area contributed by atoms with Crippen LogP contribution in [0.3, 0.4) is 0 Å². The maximum Gasteiger partial charge on any atom is 0.166 e. The first-order valence-electron chi connectivity index (χ1n) is 11.7. The van der Waals surface area contributed by atoms with Crippen molar-refractivity contribution in [2.75, 3.05) is 6.61 Å². The van der Waals surface area contributed by atoms with Crippen molar-refractivity contribution in [2.24, 2.45) is 11.8 Å². The Balaban J connectivity index is 1.35. The minimum atomic E-state index is -0.477. The van der Waals surface area contributed by atoms with Crippen LogP contribution in [0.1, 0.15) is 56.6 Å². The van der Waals surface area contributed by atoms with Crippen LogP contribution in [0.2, 0.25) is 10.0 Å². The molecule has 2 unspecified atom stereocenters. The molecule has 4 nitrogen and oxygen atoms in total. The summed E-state index contributed by atoms with van der Waals surface area (Å²) in [6.45, 7) is 3.55. The first kappa shape index (κ1) is 22.3. The molecule has 2 aromatic rings. The summed E-state index contributed by atoms with van der Waals surface area (Å²) in [5.41, 5.74) is 1.49. The van der Waals surface area contributed by atoms with E-state index in [9.17, 15) is 5.11 Å². The summed E-state index contributed by atoms with van der Waals surface area (Å²) in [6, 6.07) is 11.5. The molecule has 4 bridgehead atoms. The smallest absolute Gasteiger partial charge is 0.166 e. The predicted molar refractivity (Wildman–Crippen MR) is 128 cm³/mol. The molecule has 4 aliphatic carbocycles. The van der Waals surface area contributed by atoms with E-state index in [0.717, 1.165) is 54.7 Å². The number of nitrogens with one attached hydrogen (secondary N) is 1. The van der Waals surface area contributed by atoms with Crippen molar-refractivity contribution < 1.29 is 14.6 Å². The average Bonchev–Trinajstić information content (AvgIpc) is 2.71. The van der Waals surface area contributed by atoms with Crippen molar-refractivity contribution in [3.63, 3.8) is 0 Å². The zero-order chi connectivity index (χ0) is 22.3. The maximum atomic E-state index is 11.1. The van der Waals surface area contributed by atoms with Gasteiger partial charge in [-0.1, -0.05) is 41.4 Å². The lowest BCUT2D eigenvalue weighted by Crippen LogP contribution is -2.64. The molecular formula is C26H31Cl2NO3. The van der Waals surface area contributed by atoms with Gasteiger partial charge >= 0.3 is 0 Å². The van der Waals surface area contributed by atoms with E-state index >= 15 is 0 Å². The Labute approximate surface area is 200 Å². The van der Waals surface area contributed by atoms with Crippen LogP contribution in [0.25, 0.3) is 0 Å². The van der Waals surface area contributed by atoms with Crippen molar-refractivity contribution in [2.45, 2.75) is 69.7 Å². The highest BCUT2D eigenvalue weighted by Gasteiger charge is 2.56. The van der Waals surface area contributed by atoms with Crippen molar-refractivity contribution >= 4 is 23.2 Å². The molecule has 0 saturated heterocycles. The fraction of sp³-hybridized carbons (Fsp3) is 0.538. The van der Waals surface area contributed by atoms with Gasteiger partial charge in [-0.2, -0.15) is 0 Å². The highest BCUT2D eigenvalue weighted by atomic mass is 35.5. The molecule has 4 saturated carbocycles. The number of hydrogen-bond donors (Lipinski definition) is 2. The van der Waals surface area contributed by atoms with Gasteiger partial charge in [-0.15, -0.1) is 0 Å². The molecule has 0 aliphatic heterocycles. The van der Waals surface area contributed by atoms with Crippen LogP contribution < -0.4 is 14.8 Å². The molecule has 0 heterocycles. The van der Waals surface area contributed by atoms with Gasteiger partial charge in [0.15, 0.2) is 11.5 Å². The number of benzene rings is 2. The summed E-state index contributed by atoms with van der Waals surface area (Å²) in [4.78, 5) is 0. The first-order chi connectivity index (χ1) is 15.4. The first-order valence-corrected chi connectivity index (χ1v) is 12.4. The highest BCUT2D eigenvalue weighted by Crippen LogP contribution is 2.57. The van der Waals surface area contributed by atoms with Crippen LogP contribution in [0.15, 0.2) is 36.4 Å². The van der Waals surface area contributed by atoms with E-state index in [2.05, 4.69) is 11.4 Å².